The molecule has 0 unspecified atom stereocenters. The molecule has 3 aromatic rings. The Bertz CT molecular complexity index is 909. The molecule has 0 aliphatic carbocycles. The van der Waals surface area contributed by atoms with Crippen LogP contribution in [0.3, 0.4) is 0 Å². The zero-order valence-corrected chi connectivity index (χ0v) is 16.8. The van der Waals surface area contributed by atoms with Crippen molar-refractivity contribution in [2.45, 2.75) is 19.8 Å². The average Bonchev–Trinajstić information content (AvgIpc) is 2.69. The summed E-state index contributed by atoms with van der Waals surface area (Å²) in [5, 5.41) is 4.99. The molecule has 4 nitrogen and oxygen atoms in total. The summed E-state index contributed by atoms with van der Waals surface area (Å²) < 4.78 is 12.2. The fourth-order valence-electron chi connectivity index (χ4n) is 2.63. The highest BCUT2D eigenvalue weighted by molar-refractivity contribution is 9.10. The third-order valence-electron chi connectivity index (χ3n) is 4.09. The first-order chi connectivity index (χ1) is 13.2. The van der Waals surface area contributed by atoms with E-state index >= 15 is 0 Å². The Morgan fingerprint density at radius 1 is 1.00 bits per heavy atom. The predicted octanol–water partition coefficient (Wildman–Crippen LogP) is 5.80. The summed E-state index contributed by atoms with van der Waals surface area (Å²) in [7, 11) is 0. The largest absolute Gasteiger partial charge is 0.494 e. The second-order valence-electron chi connectivity index (χ2n) is 6.16. The van der Waals surface area contributed by atoms with Crippen molar-refractivity contribution in [3.63, 3.8) is 0 Å². The van der Waals surface area contributed by atoms with Crippen LogP contribution in [0, 0.1) is 0 Å². The van der Waals surface area contributed by atoms with E-state index < -0.39 is 0 Å². The van der Waals surface area contributed by atoms with Crippen molar-refractivity contribution < 1.29 is 14.3 Å². The van der Waals surface area contributed by atoms with Crippen molar-refractivity contribution in [2.75, 3.05) is 18.5 Å². The number of carbonyl (C=O) groups excluding carboxylic acids is 1. The number of hydrogen-bond acceptors (Lipinski definition) is 3. The van der Waals surface area contributed by atoms with Crippen LogP contribution in [0.25, 0.3) is 10.8 Å². The normalized spacial score (nSPS) is 10.6. The Kier molecular flexibility index (Phi) is 6.71. The Morgan fingerprint density at radius 2 is 1.78 bits per heavy atom. The van der Waals surface area contributed by atoms with Crippen molar-refractivity contribution in [3.05, 3.63) is 65.1 Å². The molecule has 140 valence electrons. The van der Waals surface area contributed by atoms with Crippen molar-refractivity contribution in [3.8, 4) is 11.5 Å². The number of fused-ring (bicyclic) bond motifs is 1. The van der Waals surface area contributed by atoms with Gasteiger partial charge < -0.3 is 14.8 Å². The predicted molar refractivity (Wildman–Crippen MR) is 113 cm³/mol. The summed E-state index contributed by atoms with van der Waals surface area (Å²) in [5.74, 6) is 1.23. The van der Waals surface area contributed by atoms with Crippen molar-refractivity contribution in [2.24, 2.45) is 0 Å². The first kappa shape index (κ1) is 19.2. The molecule has 0 aliphatic heterocycles. The number of amides is 1. The van der Waals surface area contributed by atoms with E-state index in [0.29, 0.717) is 18.0 Å². The van der Waals surface area contributed by atoms with Gasteiger partial charge >= 0.3 is 0 Å². The van der Waals surface area contributed by atoms with Crippen LogP contribution < -0.4 is 14.8 Å². The molecule has 0 aliphatic rings. The first-order valence-corrected chi connectivity index (χ1v) is 9.79. The molecule has 0 atom stereocenters. The Balaban J connectivity index is 1.54. The zero-order valence-electron chi connectivity index (χ0n) is 15.2. The lowest BCUT2D eigenvalue weighted by Gasteiger charge is -2.11. The molecule has 27 heavy (non-hydrogen) atoms. The highest BCUT2D eigenvalue weighted by atomic mass is 79.9. The van der Waals surface area contributed by atoms with Gasteiger partial charge in [-0.2, -0.15) is 0 Å². The number of nitrogens with one attached hydrogen (secondary N) is 1. The van der Waals surface area contributed by atoms with Crippen LogP contribution in [0.4, 0.5) is 5.69 Å². The molecule has 0 radical (unpaired) electrons. The van der Waals surface area contributed by atoms with Gasteiger partial charge in [0.25, 0.3) is 5.91 Å². The number of benzene rings is 3. The lowest BCUT2D eigenvalue weighted by atomic mass is 10.1. The number of carbonyl (C=O) groups is 1. The maximum Gasteiger partial charge on any atom is 0.262 e. The van der Waals surface area contributed by atoms with Crippen LogP contribution >= 0.6 is 15.9 Å². The molecular weight excluding hydrogens is 406 g/mol. The molecular formula is C22H22BrNO3. The minimum Gasteiger partial charge on any atom is -0.494 e. The van der Waals surface area contributed by atoms with Gasteiger partial charge in [0, 0.05) is 5.69 Å². The molecule has 0 aromatic heterocycles. The Morgan fingerprint density at radius 3 is 2.56 bits per heavy atom. The summed E-state index contributed by atoms with van der Waals surface area (Å²) >= 11 is 3.56. The van der Waals surface area contributed by atoms with Crippen LogP contribution in [-0.4, -0.2) is 19.1 Å². The minimum absolute atomic E-state index is 0.0638. The summed E-state index contributed by atoms with van der Waals surface area (Å²) in [6.45, 7) is 2.77. The van der Waals surface area contributed by atoms with Crippen LogP contribution in [0.2, 0.25) is 0 Å². The Labute approximate surface area is 167 Å². The lowest BCUT2D eigenvalue weighted by Crippen LogP contribution is -2.20. The third-order valence-corrected chi connectivity index (χ3v) is 4.91. The molecule has 0 fully saturated rings. The standard InChI is InChI=1S/C22H22BrNO3/c1-2-3-14-26-18-11-9-17(10-12-18)24-21(25)15-27-20-13-8-16-6-4-5-7-19(16)22(20)23/h4-13H,2-3,14-15H2,1H3,(H,24,25). The number of hydrogen-bond donors (Lipinski definition) is 1. The monoisotopic (exact) mass is 427 g/mol. The van der Waals surface area contributed by atoms with Crippen molar-refractivity contribution in [1.82, 2.24) is 0 Å². The van der Waals surface area contributed by atoms with E-state index in [1.807, 2.05) is 60.7 Å². The molecule has 0 spiro atoms. The van der Waals surface area contributed by atoms with Gasteiger partial charge in [-0.1, -0.05) is 43.7 Å². The molecule has 1 N–H and O–H groups in total. The second kappa shape index (κ2) is 9.42. The molecule has 3 aromatic carbocycles. The summed E-state index contributed by atoms with van der Waals surface area (Å²) in [6, 6.07) is 19.2. The number of unbranched alkanes of at least 4 members (excludes halogenated alkanes) is 1. The quantitative estimate of drug-likeness (QED) is 0.462. The third kappa shape index (κ3) is 5.23. The van der Waals surface area contributed by atoms with E-state index in [1.165, 1.54) is 0 Å². The van der Waals surface area contributed by atoms with E-state index in [1.54, 1.807) is 0 Å². The molecule has 1 amide bonds. The van der Waals surface area contributed by atoms with Gasteiger partial charge in [0.1, 0.15) is 11.5 Å². The summed E-state index contributed by atoms with van der Waals surface area (Å²) in [4.78, 5) is 12.2. The summed E-state index contributed by atoms with van der Waals surface area (Å²) in [6.07, 6.45) is 2.13. The number of rotatable bonds is 8. The zero-order chi connectivity index (χ0) is 19.1. The number of halogens is 1. The SMILES string of the molecule is CCCCOc1ccc(NC(=O)COc2ccc3ccccc3c2Br)cc1. The van der Waals surface area contributed by atoms with Crippen molar-refractivity contribution >= 4 is 38.3 Å². The maximum atomic E-state index is 12.2. The van der Waals surface area contributed by atoms with E-state index in [2.05, 4.69) is 28.2 Å². The van der Waals surface area contributed by atoms with Crippen LogP contribution in [-0.2, 0) is 4.79 Å². The van der Waals surface area contributed by atoms with E-state index in [4.69, 9.17) is 9.47 Å². The topological polar surface area (TPSA) is 47.6 Å². The highest BCUT2D eigenvalue weighted by Gasteiger charge is 2.09. The van der Waals surface area contributed by atoms with Gasteiger partial charge in [-0.25, -0.2) is 0 Å². The fraction of sp³-hybridized carbons (Fsp3) is 0.227. The molecule has 5 heteroatoms. The molecule has 0 saturated heterocycles. The lowest BCUT2D eigenvalue weighted by molar-refractivity contribution is -0.118. The van der Waals surface area contributed by atoms with E-state index in [-0.39, 0.29) is 12.5 Å². The molecule has 0 heterocycles. The van der Waals surface area contributed by atoms with Gasteiger partial charge in [0.2, 0.25) is 0 Å². The smallest absolute Gasteiger partial charge is 0.262 e. The van der Waals surface area contributed by atoms with Gasteiger partial charge in [-0.05, 0) is 63.5 Å². The van der Waals surface area contributed by atoms with Gasteiger partial charge in [0.05, 0.1) is 11.1 Å². The minimum atomic E-state index is -0.213. The van der Waals surface area contributed by atoms with Gasteiger partial charge in [0.15, 0.2) is 6.61 Å². The first-order valence-electron chi connectivity index (χ1n) is 9.00. The van der Waals surface area contributed by atoms with Gasteiger partial charge in [-0.3, -0.25) is 4.79 Å². The van der Waals surface area contributed by atoms with Crippen LogP contribution in [0.5, 0.6) is 11.5 Å². The van der Waals surface area contributed by atoms with Crippen LogP contribution in [0.1, 0.15) is 19.8 Å². The fourth-order valence-corrected chi connectivity index (χ4v) is 3.24. The van der Waals surface area contributed by atoms with E-state index in [0.717, 1.165) is 33.8 Å². The van der Waals surface area contributed by atoms with Gasteiger partial charge in [-0.15, -0.1) is 0 Å². The van der Waals surface area contributed by atoms with Crippen LogP contribution in [0.15, 0.2) is 65.1 Å². The summed E-state index contributed by atoms with van der Waals surface area (Å²) in [5.41, 5.74) is 0.712. The second-order valence-corrected chi connectivity index (χ2v) is 6.96. The Hall–Kier alpha value is -2.53. The highest BCUT2D eigenvalue weighted by Crippen LogP contribution is 2.33. The molecule has 0 saturated carbocycles. The molecule has 0 bridgehead atoms. The number of anilines is 1. The maximum absolute atomic E-state index is 12.2. The molecule has 3 rings (SSSR count). The number of ether oxygens (including phenoxy) is 2. The van der Waals surface area contributed by atoms with Crippen molar-refractivity contribution in [1.29, 1.82) is 0 Å². The average molecular weight is 428 g/mol. The van der Waals surface area contributed by atoms with E-state index in [9.17, 15) is 4.79 Å².